The van der Waals surface area contributed by atoms with E-state index >= 15 is 0 Å². The first-order valence-electron chi connectivity index (χ1n) is 11.4. The van der Waals surface area contributed by atoms with Crippen LogP contribution in [-0.4, -0.2) is 56.5 Å². The quantitative estimate of drug-likeness (QED) is 0.306. The van der Waals surface area contributed by atoms with Crippen LogP contribution in [0, 0.1) is 0 Å². The summed E-state index contributed by atoms with van der Waals surface area (Å²) < 4.78 is 17.1. The molecule has 0 bridgehead atoms. The number of esters is 1. The van der Waals surface area contributed by atoms with Gasteiger partial charge in [0, 0.05) is 12.6 Å². The summed E-state index contributed by atoms with van der Waals surface area (Å²) in [7, 11) is 0. The number of imidazole rings is 1. The van der Waals surface area contributed by atoms with E-state index in [4.69, 9.17) is 26.4 Å². The first-order valence-corrected chi connectivity index (χ1v) is 11.9. The highest BCUT2D eigenvalue weighted by Gasteiger charge is 2.25. The van der Waals surface area contributed by atoms with E-state index in [1.165, 1.54) is 17.1 Å². The molecule has 0 spiro atoms. The lowest BCUT2D eigenvalue weighted by Gasteiger charge is -2.24. The second kappa shape index (κ2) is 12.5. The van der Waals surface area contributed by atoms with Gasteiger partial charge in [0.25, 0.3) is 0 Å². The second-order valence-electron chi connectivity index (χ2n) is 10.0. The Labute approximate surface area is 216 Å². The Balaban J connectivity index is 2.02. The average molecular weight is 519 g/mol. The molecule has 1 atom stereocenters. The smallest absolute Gasteiger partial charge is 0.419 e. The molecule has 2 N–H and O–H groups in total. The molecule has 1 unspecified atom stereocenters. The zero-order valence-corrected chi connectivity index (χ0v) is 22.3. The van der Waals surface area contributed by atoms with Gasteiger partial charge in [-0.1, -0.05) is 42.5 Å². The number of benzene rings is 1. The number of amides is 1. The predicted octanol–water partition coefficient (Wildman–Crippen LogP) is 3.76. The van der Waals surface area contributed by atoms with Gasteiger partial charge < -0.3 is 24.8 Å². The molecule has 1 heterocycles. The van der Waals surface area contributed by atoms with Crippen molar-refractivity contribution in [3.05, 3.63) is 54.1 Å². The molecule has 2 rings (SSSR count). The van der Waals surface area contributed by atoms with E-state index in [0.717, 1.165) is 5.56 Å². The van der Waals surface area contributed by atoms with Crippen molar-refractivity contribution >= 4 is 35.4 Å². The van der Waals surface area contributed by atoms with E-state index in [1.807, 2.05) is 30.3 Å². The van der Waals surface area contributed by atoms with Gasteiger partial charge in [0.1, 0.15) is 30.7 Å². The normalized spacial score (nSPS) is 12.3. The standard InChI is InChI=1S/C25H34N4O6S/c1-24(2,3)34-22(31)28-19(12-18-14-29(16-27-18)23(32)35-25(4,5)6)21(36)26-13-20(30)33-15-17-10-8-7-9-11-17/h7-11,14,16,19H,12-13,15H2,1-6H3,(H,26,36)(H,28,31). The molecular formula is C25H34N4O6S. The van der Waals surface area contributed by atoms with Crippen molar-refractivity contribution in [2.45, 2.75) is 71.8 Å². The molecule has 0 aliphatic carbocycles. The van der Waals surface area contributed by atoms with Crippen LogP contribution in [0.1, 0.15) is 52.8 Å². The molecule has 0 aliphatic rings. The molecule has 36 heavy (non-hydrogen) atoms. The summed E-state index contributed by atoms with van der Waals surface area (Å²) in [5.74, 6) is -0.508. The molecule has 0 aliphatic heterocycles. The maximum Gasteiger partial charge on any atom is 0.419 e. The third kappa shape index (κ3) is 10.9. The number of nitrogens with zero attached hydrogens (tertiary/aromatic N) is 2. The second-order valence-corrected chi connectivity index (χ2v) is 10.5. The summed E-state index contributed by atoms with van der Waals surface area (Å²) in [6.45, 7) is 10.5. The van der Waals surface area contributed by atoms with Gasteiger partial charge in [-0.15, -0.1) is 0 Å². The van der Waals surface area contributed by atoms with Crippen molar-refractivity contribution in [1.29, 1.82) is 0 Å². The van der Waals surface area contributed by atoms with E-state index in [2.05, 4.69) is 15.6 Å². The highest BCUT2D eigenvalue weighted by Crippen LogP contribution is 2.11. The molecule has 0 saturated carbocycles. The van der Waals surface area contributed by atoms with Crippen LogP contribution < -0.4 is 10.6 Å². The van der Waals surface area contributed by atoms with Crippen molar-refractivity contribution < 1.29 is 28.6 Å². The minimum atomic E-state index is -0.765. The van der Waals surface area contributed by atoms with Crippen molar-refractivity contribution in [2.75, 3.05) is 6.54 Å². The minimum absolute atomic E-state index is 0.135. The Hall–Kier alpha value is -3.47. The number of carbonyl (C=O) groups is 3. The summed E-state index contributed by atoms with van der Waals surface area (Å²) in [5, 5.41) is 5.53. The average Bonchev–Trinajstić information content (AvgIpc) is 3.22. The van der Waals surface area contributed by atoms with Crippen molar-refractivity contribution in [1.82, 2.24) is 20.2 Å². The summed E-state index contributed by atoms with van der Waals surface area (Å²) in [6.07, 6.45) is 1.69. The van der Waals surface area contributed by atoms with Crippen LogP contribution in [-0.2, 0) is 32.0 Å². The summed E-state index contributed by atoms with van der Waals surface area (Å²) in [4.78, 5) is 41.3. The van der Waals surface area contributed by atoms with Gasteiger partial charge in [-0.05, 0) is 47.1 Å². The molecule has 0 saturated heterocycles. The van der Waals surface area contributed by atoms with Crippen LogP contribution in [0.5, 0.6) is 0 Å². The Morgan fingerprint density at radius 2 is 1.67 bits per heavy atom. The molecule has 0 radical (unpaired) electrons. The molecule has 196 valence electrons. The molecule has 2 aromatic rings. The zero-order chi connectivity index (χ0) is 26.9. The molecular weight excluding hydrogens is 484 g/mol. The largest absolute Gasteiger partial charge is 0.460 e. The number of aromatic nitrogens is 2. The zero-order valence-electron chi connectivity index (χ0n) is 21.5. The van der Waals surface area contributed by atoms with Gasteiger partial charge in [0.05, 0.1) is 16.7 Å². The Morgan fingerprint density at radius 3 is 2.28 bits per heavy atom. The fourth-order valence-electron chi connectivity index (χ4n) is 2.82. The summed E-state index contributed by atoms with van der Waals surface area (Å²) >= 11 is 5.45. The highest BCUT2D eigenvalue weighted by atomic mass is 32.1. The maximum absolute atomic E-state index is 12.4. The number of rotatable bonds is 8. The van der Waals surface area contributed by atoms with E-state index < -0.39 is 35.4 Å². The molecule has 10 nitrogen and oxygen atoms in total. The van der Waals surface area contributed by atoms with Crippen molar-refractivity contribution in [3.8, 4) is 0 Å². The van der Waals surface area contributed by atoms with Crippen LogP contribution in [0.2, 0.25) is 0 Å². The van der Waals surface area contributed by atoms with E-state index in [9.17, 15) is 14.4 Å². The summed E-state index contributed by atoms with van der Waals surface area (Å²) in [6, 6.07) is 8.52. The van der Waals surface area contributed by atoms with Crippen molar-refractivity contribution in [2.24, 2.45) is 0 Å². The topological polar surface area (TPSA) is 121 Å². The number of hydrogen-bond acceptors (Lipinski definition) is 8. The summed E-state index contributed by atoms with van der Waals surface area (Å²) in [5.41, 5.74) is -0.0530. The molecule has 1 aromatic carbocycles. The number of nitrogens with one attached hydrogen (secondary N) is 2. The van der Waals surface area contributed by atoms with E-state index in [1.54, 1.807) is 41.5 Å². The van der Waals surface area contributed by atoms with Gasteiger partial charge in [0.2, 0.25) is 0 Å². The minimum Gasteiger partial charge on any atom is -0.460 e. The highest BCUT2D eigenvalue weighted by molar-refractivity contribution is 7.80. The van der Waals surface area contributed by atoms with Crippen molar-refractivity contribution in [3.63, 3.8) is 0 Å². The number of thiocarbonyl (C=S) groups is 1. The fourth-order valence-corrected chi connectivity index (χ4v) is 3.04. The molecule has 11 heteroatoms. The lowest BCUT2D eigenvalue weighted by molar-refractivity contribution is -0.143. The van der Waals surface area contributed by atoms with Gasteiger partial charge >= 0.3 is 18.2 Å². The van der Waals surface area contributed by atoms with E-state index in [-0.39, 0.29) is 24.6 Å². The number of hydrogen-bond donors (Lipinski definition) is 2. The van der Waals surface area contributed by atoms with Gasteiger partial charge in [0.15, 0.2) is 0 Å². The number of ether oxygens (including phenoxy) is 3. The molecule has 1 aromatic heterocycles. The van der Waals surface area contributed by atoms with Gasteiger partial charge in [-0.2, -0.15) is 0 Å². The van der Waals surface area contributed by atoms with Gasteiger partial charge in [-0.25, -0.2) is 19.1 Å². The van der Waals surface area contributed by atoms with Crippen LogP contribution in [0.3, 0.4) is 0 Å². The molecule has 1 amide bonds. The number of alkyl carbamates (subject to hydrolysis) is 1. The SMILES string of the molecule is CC(C)(C)OC(=O)NC(Cc1cn(C(=O)OC(C)(C)C)cn1)C(=S)NCC(=O)OCc1ccccc1. The Morgan fingerprint density at radius 1 is 1.03 bits per heavy atom. The fraction of sp³-hybridized carbons (Fsp3) is 0.480. The molecule has 0 fully saturated rings. The third-order valence-electron chi connectivity index (χ3n) is 4.31. The van der Waals surface area contributed by atoms with Crippen LogP contribution >= 0.6 is 12.2 Å². The Kier molecular flexibility index (Phi) is 9.97. The lowest BCUT2D eigenvalue weighted by Crippen LogP contribution is -2.49. The maximum atomic E-state index is 12.4. The predicted molar refractivity (Wildman–Crippen MR) is 138 cm³/mol. The van der Waals surface area contributed by atoms with E-state index in [0.29, 0.717) is 5.69 Å². The van der Waals surface area contributed by atoms with Crippen LogP contribution in [0.4, 0.5) is 9.59 Å². The Bertz CT molecular complexity index is 1060. The third-order valence-corrected chi connectivity index (χ3v) is 4.74. The van der Waals surface area contributed by atoms with Gasteiger partial charge in [-0.3, -0.25) is 4.79 Å². The monoisotopic (exact) mass is 518 g/mol. The lowest BCUT2D eigenvalue weighted by atomic mass is 10.1. The first-order chi connectivity index (χ1) is 16.7. The number of carbonyl (C=O) groups excluding carboxylic acids is 3. The van der Waals surface area contributed by atoms with Crippen LogP contribution in [0.25, 0.3) is 0 Å². The first kappa shape index (κ1) is 28.8. The van der Waals surface area contributed by atoms with Crippen LogP contribution in [0.15, 0.2) is 42.9 Å².